The first-order chi connectivity index (χ1) is 8.93. The van der Waals surface area contributed by atoms with Crippen LogP contribution in [0.4, 0.5) is 4.79 Å². The van der Waals surface area contributed by atoms with Crippen molar-refractivity contribution in [1.82, 2.24) is 10.2 Å². The van der Waals surface area contributed by atoms with Crippen molar-refractivity contribution < 1.29 is 19.4 Å². The Bertz CT molecular complexity index is 598. The standard InChI is InChI=1S/C12H11BrN2O4/c1-15-11(17)8(14-12(15)18)4-6-3-7(13)5-9(19-2)10(6)16/h3-5,16H,1-2H3,(H,14,18)/b8-4+. The molecule has 1 heterocycles. The van der Waals surface area contributed by atoms with Crippen LogP contribution in [-0.4, -0.2) is 36.1 Å². The number of phenolic OH excluding ortho intramolecular Hbond substituents is 1. The van der Waals surface area contributed by atoms with E-state index in [2.05, 4.69) is 21.2 Å². The lowest BCUT2D eigenvalue weighted by molar-refractivity contribution is -0.121. The Morgan fingerprint density at radius 3 is 2.63 bits per heavy atom. The summed E-state index contributed by atoms with van der Waals surface area (Å²) in [4.78, 5) is 24.0. The first kappa shape index (κ1) is 13.4. The molecule has 2 N–H and O–H groups in total. The average molecular weight is 327 g/mol. The highest BCUT2D eigenvalue weighted by molar-refractivity contribution is 9.10. The molecule has 7 heteroatoms. The van der Waals surface area contributed by atoms with E-state index in [1.165, 1.54) is 20.2 Å². The van der Waals surface area contributed by atoms with Crippen molar-refractivity contribution >= 4 is 33.9 Å². The summed E-state index contributed by atoms with van der Waals surface area (Å²) in [7, 11) is 2.80. The fourth-order valence-electron chi connectivity index (χ4n) is 1.64. The lowest BCUT2D eigenvalue weighted by atomic mass is 10.1. The van der Waals surface area contributed by atoms with Crippen molar-refractivity contribution in [2.45, 2.75) is 0 Å². The third kappa shape index (κ3) is 2.41. The Morgan fingerprint density at radius 2 is 2.11 bits per heavy atom. The number of aromatic hydroxyl groups is 1. The first-order valence-electron chi connectivity index (χ1n) is 5.31. The highest BCUT2D eigenvalue weighted by atomic mass is 79.9. The zero-order valence-corrected chi connectivity index (χ0v) is 11.8. The fraction of sp³-hybridized carbons (Fsp3) is 0.167. The van der Waals surface area contributed by atoms with Gasteiger partial charge in [0.25, 0.3) is 5.91 Å². The van der Waals surface area contributed by atoms with E-state index in [9.17, 15) is 14.7 Å². The van der Waals surface area contributed by atoms with Crippen LogP contribution >= 0.6 is 15.9 Å². The van der Waals surface area contributed by atoms with Gasteiger partial charge < -0.3 is 15.2 Å². The second-order valence-corrected chi connectivity index (χ2v) is 4.81. The lowest BCUT2D eigenvalue weighted by Gasteiger charge is -2.07. The van der Waals surface area contributed by atoms with Crippen LogP contribution in [0.2, 0.25) is 0 Å². The molecule has 0 aromatic heterocycles. The number of hydrogen-bond acceptors (Lipinski definition) is 4. The molecule has 1 saturated heterocycles. The number of methoxy groups -OCH3 is 1. The smallest absolute Gasteiger partial charge is 0.328 e. The molecule has 0 atom stereocenters. The average Bonchev–Trinajstić information content (AvgIpc) is 2.61. The van der Waals surface area contributed by atoms with E-state index in [1.807, 2.05) is 0 Å². The maximum absolute atomic E-state index is 11.7. The van der Waals surface area contributed by atoms with Gasteiger partial charge in [-0.3, -0.25) is 9.69 Å². The van der Waals surface area contributed by atoms with Gasteiger partial charge in [0, 0.05) is 17.1 Å². The summed E-state index contributed by atoms with van der Waals surface area (Å²) in [6.07, 6.45) is 1.40. The second-order valence-electron chi connectivity index (χ2n) is 3.90. The van der Waals surface area contributed by atoms with Crippen LogP contribution in [0.5, 0.6) is 11.5 Å². The molecular formula is C12H11BrN2O4. The van der Waals surface area contributed by atoms with E-state index >= 15 is 0 Å². The minimum atomic E-state index is -0.502. The van der Waals surface area contributed by atoms with Gasteiger partial charge in [0.15, 0.2) is 11.5 Å². The Morgan fingerprint density at radius 1 is 1.42 bits per heavy atom. The molecule has 0 spiro atoms. The molecule has 2 rings (SSSR count). The van der Waals surface area contributed by atoms with Gasteiger partial charge >= 0.3 is 6.03 Å². The molecule has 100 valence electrons. The number of urea groups is 1. The number of carbonyl (C=O) groups is 2. The van der Waals surface area contributed by atoms with Crippen LogP contribution in [0.1, 0.15) is 5.56 Å². The molecule has 19 heavy (non-hydrogen) atoms. The number of rotatable bonds is 2. The Hall–Kier alpha value is -2.02. The van der Waals surface area contributed by atoms with Gasteiger partial charge in [0.05, 0.1) is 7.11 Å². The van der Waals surface area contributed by atoms with Crippen molar-refractivity contribution in [1.29, 1.82) is 0 Å². The molecule has 0 saturated carbocycles. The number of nitrogens with one attached hydrogen (secondary N) is 1. The number of phenols is 1. The maximum Gasteiger partial charge on any atom is 0.328 e. The van der Waals surface area contributed by atoms with Crippen LogP contribution in [0.15, 0.2) is 22.3 Å². The van der Waals surface area contributed by atoms with Crippen LogP contribution in [0.25, 0.3) is 6.08 Å². The highest BCUT2D eigenvalue weighted by Gasteiger charge is 2.30. The van der Waals surface area contributed by atoms with Crippen LogP contribution in [0, 0.1) is 0 Å². The summed E-state index contributed by atoms with van der Waals surface area (Å²) in [5.74, 6) is -0.288. The molecule has 3 amide bonds. The third-order valence-electron chi connectivity index (χ3n) is 2.67. The van der Waals surface area contributed by atoms with E-state index in [4.69, 9.17) is 4.74 Å². The predicted octanol–water partition coefficient (Wildman–Crippen LogP) is 1.69. The molecule has 6 nitrogen and oxygen atoms in total. The van der Waals surface area contributed by atoms with Crippen molar-refractivity contribution in [2.75, 3.05) is 14.2 Å². The molecule has 1 aromatic carbocycles. The Balaban J connectivity index is 2.47. The van der Waals surface area contributed by atoms with Gasteiger partial charge in [0.2, 0.25) is 0 Å². The molecule has 1 aliphatic heterocycles. The maximum atomic E-state index is 11.7. The minimum Gasteiger partial charge on any atom is -0.504 e. The number of ether oxygens (including phenoxy) is 1. The first-order valence-corrected chi connectivity index (χ1v) is 6.10. The molecular weight excluding hydrogens is 316 g/mol. The molecule has 0 bridgehead atoms. The number of carbonyl (C=O) groups excluding carboxylic acids is 2. The summed E-state index contributed by atoms with van der Waals surface area (Å²) in [5.41, 5.74) is 0.466. The second kappa shape index (κ2) is 4.93. The van der Waals surface area contributed by atoms with Crippen molar-refractivity contribution in [3.8, 4) is 11.5 Å². The monoisotopic (exact) mass is 326 g/mol. The molecule has 1 aromatic rings. The van der Waals surface area contributed by atoms with Crippen molar-refractivity contribution in [3.63, 3.8) is 0 Å². The van der Waals surface area contributed by atoms with Gasteiger partial charge in [-0.1, -0.05) is 15.9 Å². The molecule has 1 fully saturated rings. The summed E-state index contributed by atoms with van der Waals surface area (Å²) < 4.78 is 5.69. The number of hydrogen-bond donors (Lipinski definition) is 2. The third-order valence-corrected chi connectivity index (χ3v) is 3.13. The van der Waals surface area contributed by atoms with Crippen LogP contribution in [-0.2, 0) is 4.79 Å². The van der Waals surface area contributed by atoms with Gasteiger partial charge in [-0.05, 0) is 18.2 Å². The number of benzene rings is 1. The minimum absolute atomic E-state index is 0.1000. The Labute approximate surface area is 117 Å². The normalized spacial score (nSPS) is 17.0. The van der Waals surface area contributed by atoms with E-state index in [0.717, 1.165) is 4.90 Å². The van der Waals surface area contributed by atoms with Crippen molar-refractivity contribution in [2.24, 2.45) is 0 Å². The number of imide groups is 1. The zero-order valence-electron chi connectivity index (χ0n) is 10.2. The van der Waals surface area contributed by atoms with Gasteiger partial charge in [0.1, 0.15) is 5.70 Å². The fourth-order valence-corrected chi connectivity index (χ4v) is 2.09. The predicted molar refractivity (Wildman–Crippen MR) is 71.6 cm³/mol. The molecule has 0 aliphatic carbocycles. The van der Waals surface area contributed by atoms with E-state index in [-0.39, 0.29) is 17.2 Å². The number of likely N-dealkylation sites (N-methyl/N-ethyl adjacent to an activating group) is 1. The molecule has 0 radical (unpaired) electrons. The van der Waals surface area contributed by atoms with Crippen LogP contribution in [0.3, 0.4) is 0 Å². The molecule has 0 unspecified atom stereocenters. The summed E-state index contributed by atoms with van der Waals surface area (Å²) in [6, 6.07) is 2.71. The number of nitrogens with zero attached hydrogens (tertiary/aromatic N) is 1. The molecule has 1 aliphatic rings. The van der Waals surface area contributed by atoms with E-state index in [1.54, 1.807) is 12.1 Å². The summed E-state index contributed by atoms with van der Waals surface area (Å²) in [6.45, 7) is 0. The van der Waals surface area contributed by atoms with Crippen LogP contribution < -0.4 is 10.1 Å². The Kier molecular flexibility index (Phi) is 3.48. The number of halogens is 1. The SMILES string of the molecule is COc1cc(Br)cc(/C=C2/NC(=O)N(C)C2=O)c1O. The topological polar surface area (TPSA) is 78.9 Å². The van der Waals surface area contributed by atoms with Gasteiger partial charge in [-0.25, -0.2) is 4.79 Å². The van der Waals surface area contributed by atoms with Gasteiger partial charge in [-0.2, -0.15) is 0 Å². The zero-order chi connectivity index (χ0) is 14.2. The largest absolute Gasteiger partial charge is 0.504 e. The quantitative estimate of drug-likeness (QED) is 0.640. The lowest BCUT2D eigenvalue weighted by Crippen LogP contribution is -2.25. The summed E-state index contributed by atoms with van der Waals surface area (Å²) >= 11 is 3.27. The van der Waals surface area contributed by atoms with E-state index < -0.39 is 11.9 Å². The van der Waals surface area contributed by atoms with E-state index in [0.29, 0.717) is 10.0 Å². The van der Waals surface area contributed by atoms with Gasteiger partial charge in [-0.15, -0.1) is 0 Å². The highest BCUT2D eigenvalue weighted by Crippen LogP contribution is 2.35. The number of amides is 3. The van der Waals surface area contributed by atoms with Crippen molar-refractivity contribution in [3.05, 3.63) is 27.9 Å². The summed E-state index contributed by atoms with van der Waals surface area (Å²) in [5, 5.41) is 12.4.